The SMILES string of the molecule is Cc1ccc(C2CSCCN2Cc2cn(C)c(=O)n(C)c2=O)cc1. The highest BCUT2D eigenvalue weighted by Crippen LogP contribution is 2.30. The second-order valence-electron chi connectivity index (χ2n) is 6.38. The molecule has 1 aliphatic rings. The molecule has 0 amide bonds. The molecule has 5 nitrogen and oxygen atoms in total. The van der Waals surface area contributed by atoms with E-state index >= 15 is 0 Å². The number of aryl methyl sites for hydroxylation is 2. The molecule has 0 spiro atoms. The molecule has 3 rings (SSSR count). The Bertz CT molecular complexity index is 839. The Morgan fingerprint density at radius 1 is 1.17 bits per heavy atom. The molecule has 0 aliphatic carbocycles. The third-order valence-electron chi connectivity index (χ3n) is 4.59. The van der Waals surface area contributed by atoms with E-state index < -0.39 is 0 Å². The van der Waals surface area contributed by atoms with E-state index in [-0.39, 0.29) is 11.2 Å². The fourth-order valence-corrected chi connectivity index (χ4v) is 4.29. The molecule has 0 N–H and O–H groups in total. The zero-order chi connectivity index (χ0) is 17.3. The summed E-state index contributed by atoms with van der Waals surface area (Å²) in [5.41, 5.74) is 2.73. The number of aromatic nitrogens is 2. The van der Waals surface area contributed by atoms with Crippen LogP contribution >= 0.6 is 11.8 Å². The topological polar surface area (TPSA) is 47.2 Å². The summed E-state index contributed by atoms with van der Waals surface area (Å²) in [5, 5.41) is 0. The molecule has 1 saturated heterocycles. The molecule has 1 atom stereocenters. The van der Waals surface area contributed by atoms with Gasteiger partial charge in [0.25, 0.3) is 5.56 Å². The molecule has 1 aromatic heterocycles. The van der Waals surface area contributed by atoms with Gasteiger partial charge in [0.15, 0.2) is 0 Å². The highest BCUT2D eigenvalue weighted by molar-refractivity contribution is 7.99. The van der Waals surface area contributed by atoms with Gasteiger partial charge < -0.3 is 4.57 Å². The maximum Gasteiger partial charge on any atom is 0.330 e. The quantitative estimate of drug-likeness (QED) is 0.849. The van der Waals surface area contributed by atoms with Gasteiger partial charge in [0.1, 0.15) is 0 Å². The first-order valence-corrected chi connectivity index (χ1v) is 9.26. The molecule has 2 aromatic rings. The number of hydrogen-bond acceptors (Lipinski definition) is 4. The Morgan fingerprint density at radius 3 is 2.58 bits per heavy atom. The van der Waals surface area contributed by atoms with Gasteiger partial charge in [-0.2, -0.15) is 11.8 Å². The summed E-state index contributed by atoms with van der Waals surface area (Å²) in [7, 11) is 3.23. The number of hydrogen-bond donors (Lipinski definition) is 0. The zero-order valence-electron chi connectivity index (χ0n) is 14.4. The summed E-state index contributed by atoms with van der Waals surface area (Å²) in [4.78, 5) is 26.6. The van der Waals surface area contributed by atoms with E-state index in [2.05, 4.69) is 36.1 Å². The second kappa shape index (κ2) is 6.99. The first kappa shape index (κ1) is 17.0. The highest BCUT2D eigenvalue weighted by Gasteiger charge is 2.25. The molecule has 1 unspecified atom stereocenters. The Labute approximate surface area is 145 Å². The minimum Gasteiger partial charge on any atom is -0.303 e. The highest BCUT2D eigenvalue weighted by atomic mass is 32.2. The van der Waals surface area contributed by atoms with Gasteiger partial charge in [-0.15, -0.1) is 0 Å². The van der Waals surface area contributed by atoms with Crippen LogP contribution in [0.2, 0.25) is 0 Å². The summed E-state index contributed by atoms with van der Waals surface area (Å²) < 4.78 is 2.67. The maximum absolute atomic E-state index is 12.4. The number of nitrogens with zero attached hydrogens (tertiary/aromatic N) is 3. The van der Waals surface area contributed by atoms with Crippen molar-refractivity contribution in [3.63, 3.8) is 0 Å². The van der Waals surface area contributed by atoms with Crippen LogP contribution in [-0.2, 0) is 20.6 Å². The monoisotopic (exact) mass is 345 g/mol. The molecule has 0 radical (unpaired) electrons. The molecule has 1 fully saturated rings. The van der Waals surface area contributed by atoms with Gasteiger partial charge >= 0.3 is 5.69 Å². The Kier molecular flexibility index (Phi) is 4.96. The Hall–Kier alpha value is -1.79. The zero-order valence-corrected chi connectivity index (χ0v) is 15.2. The minimum absolute atomic E-state index is 0.195. The molecular weight excluding hydrogens is 322 g/mol. The fourth-order valence-electron chi connectivity index (χ4n) is 3.13. The third-order valence-corrected chi connectivity index (χ3v) is 5.62. The smallest absolute Gasteiger partial charge is 0.303 e. The molecule has 128 valence electrons. The largest absolute Gasteiger partial charge is 0.330 e. The Morgan fingerprint density at radius 2 is 1.88 bits per heavy atom. The van der Waals surface area contributed by atoms with Gasteiger partial charge in [-0.05, 0) is 12.5 Å². The van der Waals surface area contributed by atoms with Crippen molar-refractivity contribution in [1.82, 2.24) is 14.0 Å². The number of benzene rings is 1. The van der Waals surface area contributed by atoms with Gasteiger partial charge in [0, 0.05) is 56.5 Å². The van der Waals surface area contributed by atoms with Crippen LogP contribution in [0.1, 0.15) is 22.7 Å². The van der Waals surface area contributed by atoms with Crippen LogP contribution in [-0.4, -0.2) is 32.1 Å². The molecule has 1 aromatic carbocycles. The van der Waals surface area contributed by atoms with E-state index in [1.54, 1.807) is 13.2 Å². The number of thioether (sulfide) groups is 1. The molecule has 0 bridgehead atoms. The predicted octanol–water partition coefficient (Wildman–Crippen LogP) is 1.68. The van der Waals surface area contributed by atoms with Gasteiger partial charge in [0.2, 0.25) is 0 Å². The third kappa shape index (κ3) is 3.35. The fraction of sp³-hybridized carbons (Fsp3) is 0.444. The normalized spacial score (nSPS) is 18.7. The molecule has 0 saturated carbocycles. The van der Waals surface area contributed by atoms with Crippen LogP contribution in [0.4, 0.5) is 0 Å². The standard InChI is InChI=1S/C18H23N3O2S/c1-13-4-6-14(7-5-13)16-12-24-9-8-21(16)11-15-10-19(2)18(23)20(3)17(15)22/h4-7,10,16H,8-9,11-12H2,1-3H3. The Balaban J connectivity index is 1.91. The van der Waals surface area contributed by atoms with Crippen LogP contribution in [0.25, 0.3) is 0 Å². The first-order valence-electron chi connectivity index (χ1n) is 8.11. The van der Waals surface area contributed by atoms with Crippen LogP contribution in [0.15, 0.2) is 40.1 Å². The summed E-state index contributed by atoms with van der Waals surface area (Å²) >= 11 is 1.95. The van der Waals surface area contributed by atoms with Crippen molar-refractivity contribution < 1.29 is 0 Å². The van der Waals surface area contributed by atoms with Crippen molar-refractivity contribution in [3.05, 3.63) is 68.0 Å². The van der Waals surface area contributed by atoms with Crippen molar-refractivity contribution in [2.45, 2.75) is 19.5 Å². The van der Waals surface area contributed by atoms with E-state index in [1.165, 1.54) is 27.3 Å². The van der Waals surface area contributed by atoms with Crippen molar-refractivity contribution in [1.29, 1.82) is 0 Å². The minimum atomic E-state index is -0.284. The van der Waals surface area contributed by atoms with Crippen molar-refractivity contribution >= 4 is 11.8 Å². The second-order valence-corrected chi connectivity index (χ2v) is 7.53. The maximum atomic E-state index is 12.4. The lowest BCUT2D eigenvalue weighted by Crippen LogP contribution is -2.42. The van der Waals surface area contributed by atoms with Gasteiger partial charge in [-0.3, -0.25) is 14.3 Å². The van der Waals surface area contributed by atoms with E-state index in [9.17, 15) is 9.59 Å². The summed E-state index contributed by atoms with van der Waals surface area (Å²) in [6, 6.07) is 8.93. The van der Waals surface area contributed by atoms with E-state index in [0.717, 1.165) is 18.1 Å². The van der Waals surface area contributed by atoms with Crippen molar-refractivity contribution in [2.75, 3.05) is 18.1 Å². The lowest BCUT2D eigenvalue weighted by Gasteiger charge is -2.35. The lowest BCUT2D eigenvalue weighted by atomic mass is 10.0. The van der Waals surface area contributed by atoms with Gasteiger partial charge in [-0.25, -0.2) is 4.79 Å². The summed E-state index contributed by atoms with van der Waals surface area (Å²) in [6.45, 7) is 3.60. The summed E-state index contributed by atoms with van der Waals surface area (Å²) in [6.07, 6.45) is 1.68. The van der Waals surface area contributed by atoms with Crippen molar-refractivity contribution in [3.8, 4) is 0 Å². The van der Waals surface area contributed by atoms with E-state index in [0.29, 0.717) is 18.2 Å². The van der Waals surface area contributed by atoms with Crippen LogP contribution in [0.3, 0.4) is 0 Å². The van der Waals surface area contributed by atoms with Gasteiger partial charge in [-0.1, -0.05) is 29.8 Å². The average Bonchev–Trinajstić information content (AvgIpc) is 2.59. The first-order chi connectivity index (χ1) is 11.5. The average molecular weight is 345 g/mol. The summed E-state index contributed by atoms with van der Waals surface area (Å²) in [5.74, 6) is 2.09. The van der Waals surface area contributed by atoms with Gasteiger partial charge in [0.05, 0.1) is 0 Å². The molecule has 24 heavy (non-hydrogen) atoms. The van der Waals surface area contributed by atoms with Crippen LogP contribution in [0.5, 0.6) is 0 Å². The van der Waals surface area contributed by atoms with Crippen LogP contribution < -0.4 is 11.2 Å². The predicted molar refractivity (Wildman–Crippen MR) is 98.6 cm³/mol. The van der Waals surface area contributed by atoms with E-state index in [1.807, 2.05) is 11.8 Å². The van der Waals surface area contributed by atoms with Crippen molar-refractivity contribution in [2.24, 2.45) is 14.1 Å². The molecule has 2 heterocycles. The number of rotatable bonds is 3. The van der Waals surface area contributed by atoms with E-state index in [4.69, 9.17) is 0 Å². The molecule has 1 aliphatic heterocycles. The molecule has 6 heteroatoms. The van der Waals surface area contributed by atoms with Crippen LogP contribution in [0, 0.1) is 6.92 Å². The molecular formula is C18H23N3O2S. The lowest BCUT2D eigenvalue weighted by molar-refractivity contribution is 0.210.